The van der Waals surface area contributed by atoms with Gasteiger partial charge in [0.2, 0.25) is 0 Å². The number of hydrogen-bond donors (Lipinski definition) is 2. The van der Waals surface area contributed by atoms with E-state index in [2.05, 4.69) is 26.8 Å². The summed E-state index contributed by atoms with van der Waals surface area (Å²) in [4.78, 5) is 26.0. The van der Waals surface area contributed by atoms with Gasteiger partial charge in [-0.05, 0) is 38.3 Å². The van der Waals surface area contributed by atoms with Crippen molar-refractivity contribution in [2.75, 3.05) is 32.8 Å². The number of nitrogens with one attached hydrogen (secondary N) is 1. The highest BCUT2D eigenvalue weighted by Crippen LogP contribution is 2.20. The quantitative estimate of drug-likeness (QED) is 0.690. The van der Waals surface area contributed by atoms with E-state index >= 15 is 0 Å². The van der Waals surface area contributed by atoms with Gasteiger partial charge >= 0.3 is 11.7 Å². The summed E-state index contributed by atoms with van der Waals surface area (Å²) in [6, 6.07) is 0.325. The van der Waals surface area contributed by atoms with Crippen molar-refractivity contribution in [3.05, 3.63) is 16.7 Å². The lowest BCUT2D eigenvalue weighted by Gasteiger charge is -2.31. The Kier molecular flexibility index (Phi) is 6.04. The lowest BCUT2D eigenvalue weighted by atomic mass is 9.97. The largest absolute Gasteiger partial charge is 0.463 e. The number of rotatable bonds is 8. The summed E-state index contributed by atoms with van der Waals surface area (Å²) in [5.41, 5.74) is 1.11. The summed E-state index contributed by atoms with van der Waals surface area (Å²) in [6.45, 7) is 6.18. The van der Waals surface area contributed by atoms with Crippen LogP contribution in [0.15, 0.2) is 11.0 Å². The Bertz CT molecular complexity index is 733. The number of hydrogen-bond acceptors (Lipinski definition) is 6. The molecule has 0 aromatic carbocycles. The van der Waals surface area contributed by atoms with Crippen molar-refractivity contribution in [3.8, 4) is 6.01 Å². The molecule has 0 spiro atoms. The van der Waals surface area contributed by atoms with E-state index in [1.54, 1.807) is 10.8 Å². The second kappa shape index (κ2) is 8.44. The number of piperidine rings is 1. The Hall–Kier alpha value is -1.93. The molecular weight excluding hydrogens is 322 g/mol. The average molecular weight is 349 g/mol. The van der Waals surface area contributed by atoms with Crippen LogP contribution in [0.4, 0.5) is 0 Å². The molecule has 1 aliphatic rings. The molecule has 8 heteroatoms. The van der Waals surface area contributed by atoms with E-state index in [4.69, 9.17) is 9.84 Å². The Morgan fingerprint density at radius 3 is 2.92 bits per heavy atom. The monoisotopic (exact) mass is 349 g/mol. The van der Waals surface area contributed by atoms with Crippen LogP contribution in [-0.2, 0) is 6.54 Å². The number of likely N-dealkylation sites (tertiary alicyclic amines) is 1. The van der Waals surface area contributed by atoms with Crippen LogP contribution in [0.3, 0.4) is 0 Å². The fourth-order valence-corrected chi connectivity index (χ4v) is 3.27. The maximum absolute atomic E-state index is 12.3. The second-order valence-corrected chi connectivity index (χ2v) is 6.64. The van der Waals surface area contributed by atoms with Crippen LogP contribution in [0.1, 0.15) is 32.6 Å². The van der Waals surface area contributed by atoms with Gasteiger partial charge in [0.1, 0.15) is 5.52 Å². The first-order valence-electron chi connectivity index (χ1n) is 9.12. The third-order valence-corrected chi connectivity index (χ3v) is 4.78. The number of fused-ring (bicyclic) bond motifs is 1. The highest BCUT2D eigenvalue weighted by molar-refractivity contribution is 5.69. The number of aromatic nitrogens is 4. The van der Waals surface area contributed by atoms with Gasteiger partial charge in [-0.2, -0.15) is 4.98 Å². The molecular formula is C17H27N5O3. The molecule has 25 heavy (non-hydrogen) atoms. The topological polar surface area (TPSA) is 96.3 Å². The maximum atomic E-state index is 12.3. The van der Waals surface area contributed by atoms with Gasteiger partial charge in [-0.1, -0.05) is 13.3 Å². The van der Waals surface area contributed by atoms with Crippen molar-refractivity contribution in [3.63, 3.8) is 0 Å². The minimum atomic E-state index is -0.146. The molecule has 0 aliphatic carbocycles. The molecule has 1 fully saturated rings. The molecule has 3 heterocycles. The SMILES string of the molecule is CCCCOc1ncc2[nH]c(=O)n(CC3CCN(CCO)CC3)c2n1. The molecule has 0 saturated carbocycles. The van der Waals surface area contributed by atoms with Crippen molar-refractivity contribution in [2.45, 2.75) is 39.2 Å². The summed E-state index contributed by atoms with van der Waals surface area (Å²) in [5, 5.41) is 9.03. The van der Waals surface area contributed by atoms with Gasteiger partial charge in [-0.15, -0.1) is 0 Å². The fourth-order valence-electron chi connectivity index (χ4n) is 3.27. The summed E-state index contributed by atoms with van der Waals surface area (Å²) >= 11 is 0. The molecule has 2 aromatic heterocycles. The predicted octanol–water partition coefficient (Wildman–Crippen LogP) is 1.00. The van der Waals surface area contributed by atoms with Crippen LogP contribution in [0.25, 0.3) is 11.2 Å². The van der Waals surface area contributed by atoms with E-state index in [9.17, 15) is 4.79 Å². The zero-order valence-corrected chi connectivity index (χ0v) is 14.8. The number of H-pyrrole nitrogens is 1. The minimum absolute atomic E-state index is 0.146. The number of aliphatic hydroxyl groups is 1. The van der Waals surface area contributed by atoms with E-state index < -0.39 is 0 Å². The minimum Gasteiger partial charge on any atom is -0.463 e. The smallest absolute Gasteiger partial charge is 0.327 e. The summed E-state index contributed by atoms with van der Waals surface area (Å²) in [7, 11) is 0. The van der Waals surface area contributed by atoms with Crippen molar-refractivity contribution in [1.29, 1.82) is 0 Å². The number of aromatic amines is 1. The van der Waals surface area contributed by atoms with E-state index in [0.29, 0.717) is 36.2 Å². The lowest BCUT2D eigenvalue weighted by molar-refractivity contribution is 0.141. The molecule has 138 valence electrons. The van der Waals surface area contributed by atoms with Gasteiger partial charge in [0.15, 0.2) is 5.65 Å². The van der Waals surface area contributed by atoms with E-state index in [1.807, 2.05) is 0 Å². The van der Waals surface area contributed by atoms with Crippen molar-refractivity contribution in [2.24, 2.45) is 5.92 Å². The Balaban J connectivity index is 1.71. The molecule has 0 atom stereocenters. The van der Waals surface area contributed by atoms with Gasteiger partial charge in [-0.3, -0.25) is 4.57 Å². The van der Waals surface area contributed by atoms with Crippen LogP contribution < -0.4 is 10.4 Å². The third-order valence-electron chi connectivity index (χ3n) is 4.78. The van der Waals surface area contributed by atoms with Gasteiger partial charge in [-0.25, -0.2) is 9.78 Å². The highest BCUT2D eigenvalue weighted by atomic mass is 16.5. The fraction of sp³-hybridized carbons (Fsp3) is 0.706. The first-order valence-corrected chi connectivity index (χ1v) is 9.12. The molecule has 1 saturated heterocycles. The molecule has 0 bridgehead atoms. The molecule has 2 aromatic rings. The van der Waals surface area contributed by atoms with E-state index in [-0.39, 0.29) is 12.3 Å². The third kappa shape index (κ3) is 4.38. The van der Waals surface area contributed by atoms with E-state index in [0.717, 1.165) is 45.3 Å². The molecule has 0 unspecified atom stereocenters. The Morgan fingerprint density at radius 1 is 1.40 bits per heavy atom. The van der Waals surface area contributed by atoms with Gasteiger partial charge in [0.05, 0.1) is 19.4 Å². The summed E-state index contributed by atoms with van der Waals surface area (Å²) in [5.74, 6) is 0.436. The number of imidazole rings is 1. The molecule has 3 rings (SSSR count). The van der Waals surface area contributed by atoms with Crippen LogP contribution in [-0.4, -0.2) is 62.4 Å². The zero-order chi connectivity index (χ0) is 17.6. The molecule has 0 amide bonds. The number of aliphatic hydroxyl groups excluding tert-OH is 1. The lowest BCUT2D eigenvalue weighted by Crippen LogP contribution is -2.37. The highest BCUT2D eigenvalue weighted by Gasteiger charge is 2.21. The number of β-amino-alcohol motifs (C(OH)–C–C–N with tert-alkyl or cyclic N) is 1. The molecule has 8 nitrogen and oxygen atoms in total. The molecule has 0 radical (unpaired) electrons. The maximum Gasteiger partial charge on any atom is 0.327 e. The van der Waals surface area contributed by atoms with Crippen molar-refractivity contribution < 1.29 is 9.84 Å². The Labute approximate surface area is 146 Å². The normalized spacial score (nSPS) is 16.6. The van der Waals surface area contributed by atoms with Gasteiger partial charge in [0, 0.05) is 13.1 Å². The summed E-state index contributed by atoms with van der Waals surface area (Å²) < 4.78 is 7.27. The predicted molar refractivity (Wildman–Crippen MR) is 94.8 cm³/mol. The second-order valence-electron chi connectivity index (χ2n) is 6.64. The average Bonchev–Trinajstić information content (AvgIpc) is 2.92. The van der Waals surface area contributed by atoms with E-state index in [1.165, 1.54) is 0 Å². The van der Waals surface area contributed by atoms with Gasteiger partial charge in [0.25, 0.3) is 0 Å². The number of unbranched alkanes of at least 4 members (excludes halogenated alkanes) is 1. The van der Waals surface area contributed by atoms with Crippen molar-refractivity contribution >= 4 is 11.2 Å². The first kappa shape index (κ1) is 17.9. The summed E-state index contributed by atoms with van der Waals surface area (Å²) in [6.07, 6.45) is 5.65. The first-order chi connectivity index (χ1) is 12.2. The Morgan fingerprint density at radius 2 is 2.20 bits per heavy atom. The van der Waals surface area contributed by atoms with Crippen molar-refractivity contribution in [1.82, 2.24) is 24.4 Å². The van der Waals surface area contributed by atoms with Gasteiger partial charge < -0.3 is 19.7 Å². The number of nitrogens with zero attached hydrogens (tertiary/aromatic N) is 4. The molecule has 1 aliphatic heterocycles. The zero-order valence-electron chi connectivity index (χ0n) is 14.8. The van der Waals surface area contributed by atoms with Crippen LogP contribution in [0, 0.1) is 5.92 Å². The van der Waals surface area contributed by atoms with Crippen LogP contribution in [0.5, 0.6) is 6.01 Å². The van der Waals surface area contributed by atoms with Crippen LogP contribution in [0.2, 0.25) is 0 Å². The van der Waals surface area contributed by atoms with Crippen LogP contribution >= 0.6 is 0 Å². The number of ether oxygens (including phenoxy) is 1. The molecule has 2 N–H and O–H groups in total. The standard InChI is InChI=1S/C17H27N5O3/c1-2-3-10-25-16-18-11-14-15(20-16)22(17(24)19-14)12-13-4-6-21(7-5-13)8-9-23/h11,13,23H,2-10,12H2,1H3,(H,19,24).